The molecule has 18 heavy (non-hydrogen) atoms. The van der Waals surface area contributed by atoms with Crippen molar-refractivity contribution in [3.8, 4) is 0 Å². The fourth-order valence-corrected chi connectivity index (χ4v) is 1.95. The van der Waals surface area contributed by atoms with Crippen LogP contribution in [0.1, 0.15) is 5.56 Å². The Hall–Kier alpha value is -1.63. The summed E-state index contributed by atoms with van der Waals surface area (Å²) in [6, 6.07) is 5.61. The maximum atomic E-state index is 11.0. The first-order valence-electron chi connectivity index (χ1n) is 5.84. The van der Waals surface area contributed by atoms with Gasteiger partial charge in [-0.25, -0.2) is 4.79 Å². The summed E-state index contributed by atoms with van der Waals surface area (Å²) in [5.41, 5.74) is 13.7. The van der Waals surface area contributed by atoms with Crippen molar-refractivity contribution < 1.29 is 4.42 Å². The van der Waals surface area contributed by atoms with Crippen LogP contribution in [0.25, 0.3) is 11.1 Å². The molecule has 0 bridgehead atoms. The first-order chi connectivity index (χ1) is 8.58. The third-order valence-electron chi connectivity index (χ3n) is 2.78. The van der Waals surface area contributed by atoms with Crippen LogP contribution in [-0.2, 0) is 6.54 Å². The molecule has 0 spiro atoms. The summed E-state index contributed by atoms with van der Waals surface area (Å²) in [5, 5.41) is 0. The summed E-state index contributed by atoms with van der Waals surface area (Å²) < 4.78 is 4.95. The van der Waals surface area contributed by atoms with Gasteiger partial charge in [-0.2, -0.15) is 0 Å². The fraction of sp³-hybridized carbons (Fsp3) is 0.417. The number of likely N-dealkylation sites (N-methyl/N-ethyl adjacent to an activating group) is 1. The van der Waals surface area contributed by atoms with Crippen molar-refractivity contribution in [3.63, 3.8) is 0 Å². The average molecular weight is 250 g/mol. The van der Waals surface area contributed by atoms with Gasteiger partial charge < -0.3 is 20.8 Å². The predicted molar refractivity (Wildman–Crippen MR) is 70.2 cm³/mol. The Labute approximate surface area is 105 Å². The molecule has 1 aromatic carbocycles. The summed E-state index contributed by atoms with van der Waals surface area (Å²) in [6.07, 6.45) is 0. The van der Waals surface area contributed by atoms with Crippen molar-refractivity contribution in [1.82, 2.24) is 9.88 Å². The molecule has 0 saturated carbocycles. The number of aromatic amines is 1. The first kappa shape index (κ1) is 12.8. The third-order valence-corrected chi connectivity index (χ3v) is 2.78. The van der Waals surface area contributed by atoms with Crippen molar-refractivity contribution in [2.75, 3.05) is 20.1 Å². The maximum absolute atomic E-state index is 11.0. The molecule has 0 fully saturated rings. The third kappa shape index (κ3) is 2.98. The number of oxazole rings is 1. The summed E-state index contributed by atoms with van der Waals surface area (Å²) >= 11 is 0. The predicted octanol–water partition coefficient (Wildman–Crippen LogP) is -0.161. The molecular weight excluding hydrogens is 232 g/mol. The number of fused-ring (bicyclic) bond motifs is 1. The van der Waals surface area contributed by atoms with E-state index in [0.717, 1.165) is 18.7 Å². The highest BCUT2D eigenvalue weighted by Crippen LogP contribution is 2.13. The smallest absolute Gasteiger partial charge is 0.408 e. The molecule has 1 aromatic heterocycles. The molecular formula is C12H18N4O2. The minimum absolute atomic E-state index is 0.0209. The SMILES string of the molecule is CN(Cc1ccc2oc(=O)[nH]c2c1)CC(N)CN. The van der Waals surface area contributed by atoms with Crippen LogP contribution in [0.2, 0.25) is 0 Å². The number of rotatable bonds is 5. The van der Waals surface area contributed by atoms with Crippen LogP contribution < -0.4 is 17.2 Å². The second-order valence-corrected chi connectivity index (χ2v) is 4.54. The number of nitrogens with zero attached hydrogens (tertiary/aromatic N) is 1. The number of aromatic nitrogens is 1. The summed E-state index contributed by atoms with van der Waals surface area (Å²) in [7, 11) is 1.98. The average Bonchev–Trinajstić information content (AvgIpc) is 2.68. The monoisotopic (exact) mass is 250 g/mol. The molecule has 0 amide bonds. The molecule has 2 rings (SSSR count). The lowest BCUT2D eigenvalue weighted by Gasteiger charge is -2.20. The topological polar surface area (TPSA) is 101 Å². The van der Waals surface area contributed by atoms with Crippen molar-refractivity contribution in [2.45, 2.75) is 12.6 Å². The molecule has 0 saturated heterocycles. The van der Waals surface area contributed by atoms with Gasteiger partial charge in [0, 0.05) is 25.7 Å². The minimum Gasteiger partial charge on any atom is -0.408 e. The van der Waals surface area contributed by atoms with Crippen LogP contribution in [0.4, 0.5) is 0 Å². The molecule has 6 nitrogen and oxygen atoms in total. The van der Waals surface area contributed by atoms with E-state index in [0.29, 0.717) is 17.6 Å². The van der Waals surface area contributed by atoms with Gasteiger partial charge in [-0.05, 0) is 24.7 Å². The van der Waals surface area contributed by atoms with Crippen molar-refractivity contribution in [2.24, 2.45) is 11.5 Å². The van der Waals surface area contributed by atoms with E-state index in [2.05, 4.69) is 9.88 Å². The summed E-state index contributed by atoms with van der Waals surface area (Å²) in [4.78, 5) is 15.8. The fourth-order valence-electron chi connectivity index (χ4n) is 1.95. The highest BCUT2D eigenvalue weighted by atomic mass is 16.4. The summed E-state index contributed by atoms with van der Waals surface area (Å²) in [5.74, 6) is -0.430. The van der Waals surface area contributed by atoms with Crippen LogP contribution in [-0.4, -0.2) is 36.1 Å². The Kier molecular flexibility index (Phi) is 3.81. The largest absolute Gasteiger partial charge is 0.417 e. The molecule has 2 aromatic rings. The van der Waals surface area contributed by atoms with Crippen molar-refractivity contribution >= 4 is 11.1 Å². The van der Waals surface area contributed by atoms with Gasteiger partial charge in [-0.3, -0.25) is 4.98 Å². The van der Waals surface area contributed by atoms with E-state index in [1.165, 1.54) is 0 Å². The second kappa shape index (κ2) is 5.34. The standard InChI is InChI=1S/C12H18N4O2/c1-16(7-9(14)5-13)6-8-2-3-11-10(4-8)15-12(17)18-11/h2-4,9H,5-7,13-14H2,1H3,(H,15,17). The quantitative estimate of drug-likeness (QED) is 0.684. The number of nitrogens with two attached hydrogens (primary N) is 2. The number of benzene rings is 1. The number of H-pyrrole nitrogens is 1. The first-order valence-corrected chi connectivity index (χ1v) is 5.84. The van der Waals surface area contributed by atoms with E-state index in [1.807, 2.05) is 19.2 Å². The van der Waals surface area contributed by atoms with Crippen LogP contribution in [0, 0.1) is 0 Å². The minimum atomic E-state index is -0.430. The van der Waals surface area contributed by atoms with Gasteiger partial charge in [0.25, 0.3) is 0 Å². The molecule has 98 valence electrons. The number of hydrogen-bond donors (Lipinski definition) is 3. The van der Waals surface area contributed by atoms with Crippen LogP contribution in [0.5, 0.6) is 0 Å². The van der Waals surface area contributed by atoms with Gasteiger partial charge in [0.15, 0.2) is 5.58 Å². The van der Waals surface area contributed by atoms with Gasteiger partial charge in [0.2, 0.25) is 0 Å². The van der Waals surface area contributed by atoms with Crippen LogP contribution in [0.3, 0.4) is 0 Å². The van der Waals surface area contributed by atoms with E-state index in [4.69, 9.17) is 15.9 Å². The lowest BCUT2D eigenvalue weighted by Crippen LogP contribution is -2.40. The summed E-state index contributed by atoms with van der Waals surface area (Å²) in [6.45, 7) is 1.95. The van der Waals surface area contributed by atoms with Crippen LogP contribution in [0.15, 0.2) is 27.4 Å². The van der Waals surface area contributed by atoms with E-state index in [-0.39, 0.29) is 6.04 Å². The molecule has 1 unspecified atom stereocenters. The molecule has 0 aliphatic heterocycles. The Morgan fingerprint density at radius 1 is 1.50 bits per heavy atom. The maximum Gasteiger partial charge on any atom is 0.417 e. The Morgan fingerprint density at radius 3 is 3.00 bits per heavy atom. The van der Waals surface area contributed by atoms with E-state index in [9.17, 15) is 4.79 Å². The van der Waals surface area contributed by atoms with Gasteiger partial charge in [-0.15, -0.1) is 0 Å². The lowest BCUT2D eigenvalue weighted by molar-refractivity contribution is 0.305. The van der Waals surface area contributed by atoms with E-state index < -0.39 is 5.76 Å². The van der Waals surface area contributed by atoms with Gasteiger partial charge in [-0.1, -0.05) is 6.07 Å². The molecule has 0 radical (unpaired) electrons. The zero-order valence-corrected chi connectivity index (χ0v) is 10.3. The molecule has 1 heterocycles. The second-order valence-electron chi connectivity index (χ2n) is 4.54. The zero-order valence-electron chi connectivity index (χ0n) is 10.3. The van der Waals surface area contributed by atoms with Crippen molar-refractivity contribution in [3.05, 3.63) is 34.3 Å². The van der Waals surface area contributed by atoms with Crippen LogP contribution >= 0.6 is 0 Å². The lowest BCUT2D eigenvalue weighted by atomic mass is 10.2. The molecule has 0 aliphatic carbocycles. The highest BCUT2D eigenvalue weighted by molar-refractivity contribution is 5.72. The Morgan fingerprint density at radius 2 is 2.28 bits per heavy atom. The van der Waals surface area contributed by atoms with Gasteiger partial charge in [0.1, 0.15) is 0 Å². The molecule has 1 atom stereocenters. The number of nitrogens with one attached hydrogen (secondary N) is 1. The molecule has 5 N–H and O–H groups in total. The Bertz CT molecular complexity index is 575. The Balaban J connectivity index is 2.09. The van der Waals surface area contributed by atoms with E-state index in [1.54, 1.807) is 6.07 Å². The number of hydrogen-bond acceptors (Lipinski definition) is 5. The molecule has 6 heteroatoms. The molecule has 0 aliphatic rings. The highest BCUT2D eigenvalue weighted by Gasteiger charge is 2.07. The van der Waals surface area contributed by atoms with Gasteiger partial charge >= 0.3 is 5.76 Å². The zero-order chi connectivity index (χ0) is 13.1. The van der Waals surface area contributed by atoms with Crippen molar-refractivity contribution in [1.29, 1.82) is 0 Å². The van der Waals surface area contributed by atoms with Gasteiger partial charge in [0.05, 0.1) is 5.52 Å². The normalized spacial score (nSPS) is 13.3. The van der Waals surface area contributed by atoms with E-state index >= 15 is 0 Å².